The van der Waals surface area contributed by atoms with Gasteiger partial charge >= 0.3 is 6.09 Å². The molecule has 2 saturated heterocycles. The molecule has 0 bridgehead atoms. The average molecular weight is 435 g/mol. The molecule has 3 N–H and O–H groups in total. The molecule has 1 aromatic rings. The maximum absolute atomic E-state index is 13.7. The standard InChI is InChI=1S/C22H21N5O5/c1-10-16(25-12-5-3-11(7-23)4-6-12)19(29)15-13(9-32-21(24)30)22(31-2)20-14(26-20)8-27(22)17(15)18(10)28/h3-6,10,13-14,20,26H,8-9H2,1-2H3,(H2,24,30). The highest BCUT2D eigenvalue weighted by atomic mass is 16.6. The Balaban J connectivity index is 1.60. The lowest BCUT2D eigenvalue weighted by molar-refractivity contribution is -0.138. The SMILES string of the molecule is COC12C(COC(N)=O)C3=C(C(=O)C(C)C(=Nc4ccc(C#N)cc4)C3=O)N1CC1NC12. The molecule has 3 heterocycles. The van der Waals surface area contributed by atoms with E-state index in [1.807, 2.05) is 11.0 Å². The van der Waals surface area contributed by atoms with Gasteiger partial charge in [0.05, 0.1) is 46.6 Å². The molecule has 0 aromatic heterocycles. The number of hydrogen-bond donors (Lipinski definition) is 2. The van der Waals surface area contributed by atoms with Crippen LogP contribution in [0.5, 0.6) is 0 Å². The van der Waals surface area contributed by atoms with Gasteiger partial charge in [-0.3, -0.25) is 9.59 Å². The van der Waals surface area contributed by atoms with E-state index < -0.39 is 23.7 Å². The largest absolute Gasteiger partial charge is 0.449 e. The molecule has 1 aliphatic carbocycles. The summed E-state index contributed by atoms with van der Waals surface area (Å²) in [5, 5.41) is 12.3. The topological polar surface area (TPSA) is 157 Å². The number of rotatable bonds is 4. The highest BCUT2D eigenvalue weighted by molar-refractivity contribution is 6.53. The molecular formula is C22H21N5O5. The van der Waals surface area contributed by atoms with Crippen molar-refractivity contribution in [2.45, 2.75) is 24.7 Å². The molecule has 5 atom stereocenters. The first-order valence-corrected chi connectivity index (χ1v) is 10.3. The smallest absolute Gasteiger partial charge is 0.404 e. The first-order chi connectivity index (χ1) is 15.3. The number of aliphatic imine (C=N–C) groups is 1. The maximum atomic E-state index is 13.7. The number of amides is 1. The summed E-state index contributed by atoms with van der Waals surface area (Å²) >= 11 is 0. The van der Waals surface area contributed by atoms with Gasteiger partial charge in [-0.25, -0.2) is 9.79 Å². The highest BCUT2D eigenvalue weighted by Crippen LogP contribution is 2.55. The van der Waals surface area contributed by atoms with Gasteiger partial charge in [0.1, 0.15) is 6.61 Å². The zero-order valence-corrected chi connectivity index (χ0v) is 17.5. The Bertz CT molecular complexity index is 1150. The fraction of sp³-hybridized carbons (Fsp3) is 0.409. The zero-order chi connectivity index (χ0) is 22.8. The van der Waals surface area contributed by atoms with Gasteiger partial charge in [0.2, 0.25) is 5.78 Å². The molecule has 10 heteroatoms. The second-order valence-corrected chi connectivity index (χ2v) is 8.33. The Morgan fingerprint density at radius 1 is 1.38 bits per heavy atom. The van der Waals surface area contributed by atoms with E-state index in [2.05, 4.69) is 10.3 Å². The summed E-state index contributed by atoms with van der Waals surface area (Å²) < 4.78 is 11.0. The number of nitrogens with two attached hydrogens (primary N) is 1. The third kappa shape index (κ3) is 2.65. The molecule has 0 spiro atoms. The molecule has 2 fully saturated rings. The van der Waals surface area contributed by atoms with Gasteiger partial charge in [0.25, 0.3) is 0 Å². The average Bonchev–Trinajstić information content (AvgIpc) is 3.40. The molecule has 1 aromatic carbocycles. The number of methoxy groups -OCH3 is 1. The number of piperazine rings is 1. The Morgan fingerprint density at radius 2 is 2.09 bits per heavy atom. The lowest BCUT2D eigenvalue weighted by Gasteiger charge is -2.39. The number of hydrogen-bond acceptors (Lipinski definition) is 9. The molecule has 5 unspecified atom stereocenters. The minimum absolute atomic E-state index is 0.102. The van der Waals surface area contributed by atoms with E-state index in [9.17, 15) is 14.4 Å². The summed E-state index contributed by atoms with van der Waals surface area (Å²) in [4.78, 5) is 44.8. The maximum Gasteiger partial charge on any atom is 0.404 e. The third-order valence-electron chi connectivity index (χ3n) is 6.79. The number of Topliss-reactive ketones (excluding diaryl/α,β-unsaturated/α-hetero) is 2. The number of carbonyl (C=O) groups excluding carboxylic acids is 3. The van der Waals surface area contributed by atoms with Crippen molar-refractivity contribution >= 4 is 29.1 Å². The van der Waals surface area contributed by atoms with Crippen molar-refractivity contribution in [1.29, 1.82) is 5.26 Å². The number of nitriles is 1. The van der Waals surface area contributed by atoms with Crippen molar-refractivity contribution < 1.29 is 23.9 Å². The minimum Gasteiger partial charge on any atom is -0.449 e. The van der Waals surface area contributed by atoms with Gasteiger partial charge in [0, 0.05) is 25.3 Å². The predicted molar refractivity (Wildman–Crippen MR) is 111 cm³/mol. The molecule has 0 radical (unpaired) electrons. The van der Waals surface area contributed by atoms with Crippen LogP contribution >= 0.6 is 0 Å². The first-order valence-electron chi connectivity index (χ1n) is 10.3. The number of nitrogens with zero attached hydrogens (tertiary/aromatic N) is 3. The van der Waals surface area contributed by atoms with Crippen LogP contribution in [0.2, 0.25) is 0 Å². The normalized spacial score (nSPS) is 33.7. The van der Waals surface area contributed by atoms with E-state index in [1.54, 1.807) is 31.2 Å². The lowest BCUT2D eigenvalue weighted by Crippen LogP contribution is -2.55. The van der Waals surface area contributed by atoms with Crippen LogP contribution in [0.25, 0.3) is 0 Å². The van der Waals surface area contributed by atoms with Crippen LogP contribution in [0, 0.1) is 23.2 Å². The summed E-state index contributed by atoms with van der Waals surface area (Å²) in [5.41, 5.74) is 5.78. The zero-order valence-electron chi connectivity index (χ0n) is 17.5. The third-order valence-corrected chi connectivity index (χ3v) is 6.79. The Morgan fingerprint density at radius 3 is 2.72 bits per heavy atom. The van der Waals surface area contributed by atoms with Crippen LogP contribution < -0.4 is 11.1 Å². The Kier molecular flexibility index (Phi) is 4.44. The fourth-order valence-electron chi connectivity index (χ4n) is 5.28. The highest BCUT2D eigenvalue weighted by Gasteiger charge is 2.73. The summed E-state index contributed by atoms with van der Waals surface area (Å²) in [7, 11) is 1.52. The molecular weight excluding hydrogens is 414 g/mol. The first kappa shape index (κ1) is 20.4. The molecule has 32 heavy (non-hydrogen) atoms. The predicted octanol–water partition coefficient (Wildman–Crippen LogP) is 0.397. The van der Waals surface area contributed by atoms with E-state index in [4.69, 9.17) is 20.5 Å². The molecule has 3 aliphatic heterocycles. The van der Waals surface area contributed by atoms with Gasteiger partial charge in [-0.1, -0.05) is 0 Å². The van der Waals surface area contributed by atoms with E-state index in [1.165, 1.54) is 7.11 Å². The quantitative estimate of drug-likeness (QED) is 0.643. The number of benzene rings is 1. The van der Waals surface area contributed by atoms with Gasteiger partial charge in [-0.2, -0.15) is 5.26 Å². The Hall–Kier alpha value is -3.55. The molecule has 0 saturated carbocycles. The summed E-state index contributed by atoms with van der Waals surface area (Å²) in [6, 6.07) is 8.49. The van der Waals surface area contributed by atoms with E-state index in [-0.39, 0.29) is 41.5 Å². The number of primary amides is 1. The van der Waals surface area contributed by atoms with E-state index in [0.717, 1.165) is 0 Å². The number of ether oxygens (including phenoxy) is 2. The number of carbonyl (C=O) groups is 3. The summed E-state index contributed by atoms with van der Waals surface area (Å²) in [6.45, 7) is 1.97. The monoisotopic (exact) mass is 435 g/mol. The van der Waals surface area contributed by atoms with Gasteiger partial charge in [-0.15, -0.1) is 0 Å². The van der Waals surface area contributed by atoms with Crippen molar-refractivity contribution in [2.75, 3.05) is 20.3 Å². The number of ketones is 2. The molecule has 10 nitrogen and oxygen atoms in total. The van der Waals surface area contributed by atoms with Crippen LogP contribution in [-0.2, 0) is 19.1 Å². The second-order valence-electron chi connectivity index (χ2n) is 8.33. The number of nitrogens with one attached hydrogen (secondary N) is 1. The van der Waals surface area contributed by atoms with Crippen molar-refractivity contribution in [3.8, 4) is 6.07 Å². The minimum atomic E-state index is -1.01. The summed E-state index contributed by atoms with van der Waals surface area (Å²) in [5.74, 6) is -2.06. The van der Waals surface area contributed by atoms with Crippen molar-refractivity contribution in [3.05, 3.63) is 41.1 Å². The van der Waals surface area contributed by atoms with Crippen molar-refractivity contribution in [2.24, 2.45) is 22.6 Å². The van der Waals surface area contributed by atoms with Gasteiger partial charge < -0.3 is 25.4 Å². The lowest BCUT2D eigenvalue weighted by atomic mass is 9.78. The molecule has 1 amide bonds. The van der Waals surface area contributed by atoms with Crippen LogP contribution in [0.3, 0.4) is 0 Å². The molecule has 4 aliphatic rings. The van der Waals surface area contributed by atoms with Gasteiger partial charge in [0.15, 0.2) is 11.5 Å². The second kappa shape index (κ2) is 6.98. The van der Waals surface area contributed by atoms with Gasteiger partial charge in [-0.05, 0) is 31.2 Å². The van der Waals surface area contributed by atoms with Crippen LogP contribution in [0.15, 0.2) is 40.5 Å². The van der Waals surface area contributed by atoms with Crippen LogP contribution in [0.1, 0.15) is 12.5 Å². The van der Waals surface area contributed by atoms with Crippen LogP contribution in [0.4, 0.5) is 10.5 Å². The van der Waals surface area contributed by atoms with Crippen molar-refractivity contribution in [3.63, 3.8) is 0 Å². The Labute approximate surface area is 183 Å². The van der Waals surface area contributed by atoms with E-state index >= 15 is 0 Å². The molecule has 164 valence electrons. The molecule has 5 rings (SSSR count). The number of fused-ring (bicyclic) bond motifs is 4. The van der Waals surface area contributed by atoms with Crippen LogP contribution in [-0.4, -0.2) is 66.3 Å². The van der Waals surface area contributed by atoms with Crippen molar-refractivity contribution in [1.82, 2.24) is 10.2 Å². The summed E-state index contributed by atoms with van der Waals surface area (Å²) in [6.07, 6.45) is -0.968. The number of allylic oxidation sites excluding steroid dienone is 1. The fourth-order valence-corrected chi connectivity index (χ4v) is 5.28. The van der Waals surface area contributed by atoms with E-state index in [0.29, 0.717) is 23.5 Å².